The first-order valence-corrected chi connectivity index (χ1v) is 6.06. The molecule has 8 nitrogen and oxygen atoms in total. The van der Waals surface area contributed by atoms with Crippen molar-refractivity contribution in [2.24, 2.45) is 7.05 Å². The first kappa shape index (κ1) is 14.0. The van der Waals surface area contributed by atoms with Crippen LogP contribution in [0.15, 0.2) is 28.9 Å². The van der Waals surface area contributed by atoms with Crippen LogP contribution in [0.25, 0.3) is 0 Å². The molecule has 20 heavy (non-hydrogen) atoms. The molecule has 9 heteroatoms. The van der Waals surface area contributed by atoms with Gasteiger partial charge >= 0.3 is 17.5 Å². The summed E-state index contributed by atoms with van der Waals surface area (Å²) in [7, 11) is 1.52. The summed E-state index contributed by atoms with van der Waals surface area (Å²) in [6.45, 7) is 0. The molecule has 1 heterocycles. The second-order valence-electron chi connectivity index (χ2n) is 3.80. The van der Waals surface area contributed by atoms with E-state index in [1.165, 1.54) is 36.1 Å². The van der Waals surface area contributed by atoms with E-state index in [2.05, 4.69) is 21.0 Å². The van der Waals surface area contributed by atoms with E-state index in [9.17, 15) is 14.9 Å². The van der Waals surface area contributed by atoms with Crippen molar-refractivity contribution in [1.82, 2.24) is 9.78 Å². The molecule has 0 fully saturated rings. The summed E-state index contributed by atoms with van der Waals surface area (Å²) in [5.41, 5.74) is -0.304. The molecule has 0 saturated carbocycles. The number of carbonyl (C=O) groups is 1. The number of carboxylic acid groups (broad SMARTS) is 1. The number of hydrogen-bond donors (Lipinski definition) is 1. The van der Waals surface area contributed by atoms with Crippen LogP contribution in [0, 0.1) is 10.1 Å². The summed E-state index contributed by atoms with van der Waals surface area (Å²) in [4.78, 5) is 21.1. The smallest absolute Gasteiger partial charge is 0.350 e. The number of aryl methyl sites for hydroxylation is 1. The summed E-state index contributed by atoms with van der Waals surface area (Å²) < 4.78 is 7.03. The lowest BCUT2D eigenvalue weighted by Gasteiger charge is -2.05. The minimum Gasteiger partial charge on any atom is -0.478 e. The Labute approximate surface area is 120 Å². The van der Waals surface area contributed by atoms with Gasteiger partial charge in [0.2, 0.25) is 0 Å². The van der Waals surface area contributed by atoms with Crippen LogP contribution in [0.2, 0.25) is 0 Å². The Bertz CT molecular complexity index is 697. The van der Waals surface area contributed by atoms with E-state index in [0.717, 1.165) is 0 Å². The monoisotopic (exact) mass is 341 g/mol. The number of rotatable bonds is 4. The van der Waals surface area contributed by atoms with Crippen molar-refractivity contribution < 1.29 is 19.6 Å². The third-order valence-corrected chi connectivity index (χ3v) is 3.01. The normalized spacial score (nSPS) is 10.3. The van der Waals surface area contributed by atoms with Gasteiger partial charge in [-0.25, -0.2) is 4.79 Å². The highest BCUT2D eigenvalue weighted by Gasteiger charge is 2.22. The molecular formula is C11H8BrN3O5. The van der Waals surface area contributed by atoms with Gasteiger partial charge in [0.15, 0.2) is 0 Å². The summed E-state index contributed by atoms with van der Waals surface area (Å²) in [5, 5.41) is 23.6. The second-order valence-corrected chi connectivity index (χ2v) is 4.66. The van der Waals surface area contributed by atoms with Crippen LogP contribution in [-0.2, 0) is 7.05 Å². The first-order chi connectivity index (χ1) is 9.38. The number of carboxylic acids is 1. The van der Waals surface area contributed by atoms with Crippen molar-refractivity contribution in [1.29, 1.82) is 0 Å². The summed E-state index contributed by atoms with van der Waals surface area (Å²) in [6.07, 6.45) is 1.20. The molecule has 0 atom stereocenters. The maximum absolute atomic E-state index is 10.9. The fourth-order valence-electron chi connectivity index (χ4n) is 1.47. The van der Waals surface area contributed by atoms with Gasteiger partial charge in [-0.2, -0.15) is 0 Å². The number of nitro groups is 1. The summed E-state index contributed by atoms with van der Waals surface area (Å²) >= 11 is 3.18. The van der Waals surface area contributed by atoms with Crippen molar-refractivity contribution in [3.8, 4) is 11.6 Å². The minimum absolute atomic E-state index is 0.00165. The van der Waals surface area contributed by atoms with E-state index in [4.69, 9.17) is 9.84 Å². The predicted octanol–water partition coefficient (Wildman–Crippen LogP) is 2.58. The van der Waals surface area contributed by atoms with Gasteiger partial charge < -0.3 is 9.84 Å². The molecule has 1 N–H and O–H groups in total. The molecule has 0 saturated heterocycles. The lowest BCUT2D eigenvalue weighted by atomic mass is 10.2. The van der Waals surface area contributed by atoms with Gasteiger partial charge in [-0.3, -0.25) is 14.8 Å². The molecular weight excluding hydrogens is 334 g/mol. The molecule has 0 aliphatic carbocycles. The molecule has 0 unspecified atom stereocenters. The highest BCUT2D eigenvalue weighted by atomic mass is 79.9. The van der Waals surface area contributed by atoms with Crippen molar-refractivity contribution >= 4 is 27.6 Å². The predicted molar refractivity (Wildman–Crippen MR) is 71.0 cm³/mol. The topological polar surface area (TPSA) is 107 Å². The molecule has 0 aliphatic rings. The maximum Gasteiger partial charge on any atom is 0.350 e. The van der Waals surface area contributed by atoms with E-state index in [1.54, 1.807) is 0 Å². The highest BCUT2D eigenvalue weighted by Crippen LogP contribution is 2.34. The molecule has 0 spiro atoms. The van der Waals surface area contributed by atoms with Crippen LogP contribution >= 0.6 is 15.9 Å². The van der Waals surface area contributed by atoms with Gasteiger partial charge in [0.1, 0.15) is 11.9 Å². The number of benzene rings is 1. The average Bonchev–Trinajstić information content (AvgIpc) is 2.73. The number of ether oxygens (including phenoxy) is 1. The largest absolute Gasteiger partial charge is 0.478 e. The Balaban J connectivity index is 2.42. The van der Waals surface area contributed by atoms with E-state index in [1.807, 2.05) is 0 Å². The van der Waals surface area contributed by atoms with Crippen LogP contribution in [-0.4, -0.2) is 25.8 Å². The molecule has 1 aromatic carbocycles. The molecule has 1 aromatic heterocycles. The number of halogens is 1. The van der Waals surface area contributed by atoms with Crippen molar-refractivity contribution in [2.45, 2.75) is 0 Å². The summed E-state index contributed by atoms with van der Waals surface area (Å²) in [5.74, 6) is -1.20. The van der Waals surface area contributed by atoms with Crippen LogP contribution in [0.5, 0.6) is 11.6 Å². The van der Waals surface area contributed by atoms with E-state index in [-0.39, 0.29) is 22.9 Å². The zero-order valence-corrected chi connectivity index (χ0v) is 11.7. The van der Waals surface area contributed by atoms with Crippen LogP contribution in [0.1, 0.15) is 10.4 Å². The lowest BCUT2D eigenvalue weighted by Crippen LogP contribution is -1.98. The third-order valence-electron chi connectivity index (χ3n) is 2.36. The van der Waals surface area contributed by atoms with Gasteiger partial charge in [0, 0.05) is 7.05 Å². The van der Waals surface area contributed by atoms with Gasteiger partial charge in [-0.05, 0) is 34.1 Å². The summed E-state index contributed by atoms with van der Waals surface area (Å²) in [6, 6.07) is 4.12. The van der Waals surface area contributed by atoms with Crippen LogP contribution in [0.4, 0.5) is 5.69 Å². The first-order valence-electron chi connectivity index (χ1n) is 5.27. The van der Waals surface area contributed by atoms with E-state index >= 15 is 0 Å². The molecule has 0 bridgehead atoms. The Morgan fingerprint density at radius 3 is 2.85 bits per heavy atom. The van der Waals surface area contributed by atoms with Gasteiger partial charge in [-0.1, -0.05) is 0 Å². The van der Waals surface area contributed by atoms with Crippen molar-refractivity contribution in [2.75, 3.05) is 0 Å². The fraction of sp³-hybridized carbons (Fsp3) is 0.0909. The molecule has 0 aliphatic heterocycles. The van der Waals surface area contributed by atoms with Crippen molar-refractivity contribution in [3.63, 3.8) is 0 Å². The number of aromatic nitrogens is 2. The zero-order chi connectivity index (χ0) is 14.9. The lowest BCUT2D eigenvalue weighted by molar-refractivity contribution is -0.385. The third kappa shape index (κ3) is 2.77. The highest BCUT2D eigenvalue weighted by molar-refractivity contribution is 9.10. The second kappa shape index (κ2) is 5.29. The molecule has 0 amide bonds. The maximum atomic E-state index is 10.9. The Morgan fingerprint density at radius 2 is 2.25 bits per heavy atom. The van der Waals surface area contributed by atoms with E-state index in [0.29, 0.717) is 4.47 Å². The van der Waals surface area contributed by atoms with Crippen LogP contribution < -0.4 is 4.74 Å². The zero-order valence-electron chi connectivity index (χ0n) is 10.1. The van der Waals surface area contributed by atoms with Gasteiger partial charge in [-0.15, -0.1) is 5.10 Å². The Morgan fingerprint density at radius 1 is 1.55 bits per heavy atom. The number of aromatic carboxylic acids is 1. The quantitative estimate of drug-likeness (QED) is 0.676. The number of nitrogens with zero attached hydrogens (tertiary/aromatic N) is 3. The fourth-order valence-corrected chi connectivity index (χ4v) is 1.80. The number of hydrogen-bond acceptors (Lipinski definition) is 5. The van der Waals surface area contributed by atoms with Crippen molar-refractivity contribution in [3.05, 3.63) is 44.5 Å². The molecule has 2 rings (SSSR count). The van der Waals surface area contributed by atoms with E-state index < -0.39 is 10.9 Å². The molecule has 104 valence electrons. The minimum atomic E-state index is -1.13. The van der Waals surface area contributed by atoms with Gasteiger partial charge in [0.25, 0.3) is 0 Å². The molecule has 2 aromatic rings. The molecule has 0 radical (unpaired) electrons. The van der Waals surface area contributed by atoms with Crippen LogP contribution in [0.3, 0.4) is 0 Å². The Hall–Kier alpha value is -2.42. The standard InChI is InChI=1S/C11H8BrN3O5/c1-14-5-8(15(18)19)10(13-14)20-9-4-6(11(16)17)2-3-7(9)12/h2-5H,1H3,(H,16,17). The average molecular weight is 342 g/mol. The van der Waals surface area contributed by atoms with Gasteiger partial charge in [0.05, 0.1) is 15.0 Å². The SMILES string of the molecule is Cn1cc([N+](=O)[O-])c(Oc2cc(C(=O)O)ccc2Br)n1. The Kier molecular flexibility index (Phi) is 3.70.